The maximum Gasteiger partial charge on any atom is 0.401 e. The molecule has 1 spiro atoms. The minimum atomic E-state index is -4.25. The van der Waals surface area contributed by atoms with Gasteiger partial charge in [-0.05, 0) is 18.6 Å². The van der Waals surface area contributed by atoms with E-state index in [1.165, 1.54) is 4.90 Å². The van der Waals surface area contributed by atoms with Crippen LogP contribution in [0.3, 0.4) is 0 Å². The van der Waals surface area contributed by atoms with E-state index in [4.69, 9.17) is 0 Å². The Morgan fingerprint density at radius 3 is 2.59 bits per heavy atom. The lowest BCUT2D eigenvalue weighted by Gasteiger charge is -2.56. The molecule has 0 radical (unpaired) electrons. The molecule has 0 bridgehead atoms. The average Bonchev–Trinajstić information content (AvgIpc) is 2.80. The zero-order valence-corrected chi connectivity index (χ0v) is 15.1. The van der Waals surface area contributed by atoms with Crippen LogP contribution in [0.1, 0.15) is 17.0 Å². The molecule has 3 aliphatic rings. The number of fused-ring (bicyclic) bond motifs is 3. The second kappa shape index (κ2) is 5.68. The second-order valence-electron chi connectivity index (χ2n) is 8.10. The molecule has 27 heavy (non-hydrogen) atoms. The van der Waals surface area contributed by atoms with Gasteiger partial charge in [-0.2, -0.15) is 13.2 Å². The van der Waals surface area contributed by atoms with Gasteiger partial charge in [0.1, 0.15) is 0 Å². The predicted octanol–water partition coefficient (Wildman–Crippen LogP) is 1.86. The highest BCUT2D eigenvalue weighted by Crippen LogP contribution is 2.39. The van der Waals surface area contributed by atoms with Crippen LogP contribution < -0.4 is 10.2 Å². The number of anilines is 1. The number of halogens is 3. The van der Waals surface area contributed by atoms with E-state index in [1.54, 1.807) is 0 Å². The number of nitrogens with zero attached hydrogens (tertiary/aromatic N) is 5. The van der Waals surface area contributed by atoms with Gasteiger partial charge in [0.2, 0.25) is 5.95 Å². The summed E-state index contributed by atoms with van der Waals surface area (Å²) in [6.07, 6.45) is -4.25. The highest BCUT2D eigenvalue weighted by molar-refractivity contribution is 5.52. The van der Waals surface area contributed by atoms with E-state index in [-0.39, 0.29) is 13.1 Å². The maximum absolute atomic E-state index is 13.0. The molecule has 0 aliphatic carbocycles. The van der Waals surface area contributed by atoms with Gasteiger partial charge in [-0.1, -0.05) is 17.7 Å². The molecule has 9 heteroatoms. The molecule has 4 heterocycles. The summed E-state index contributed by atoms with van der Waals surface area (Å²) in [7, 11) is 0. The van der Waals surface area contributed by atoms with E-state index in [9.17, 15) is 13.2 Å². The molecule has 144 valence electrons. The van der Waals surface area contributed by atoms with Gasteiger partial charge in [0.15, 0.2) is 5.82 Å². The fraction of sp³-hybridized carbons (Fsp3) is 0.556. The third kappa shape index (κ3) is 2.89. The van der Waals surface area contributed by atoms with Gasteiger partial charge >= 0.3 is 6.18 Å². The van der Waals surface area contributed by atoms with Crippen molar-refractivity contribution in [3.05, 3.63) is 35.2 Å². The first-order valence-electron chi connectivity index (χ1n) is 9.11. The van der Waals surface area contributed by atoms with Crippen LogP contribution >= 0.6 is 0 Å². The highest BCUT2D eigenvalue weighted by atomic mass is 19.4. The fourth-order valence-electron chi connectivity index (χ4n) is 4.39. The molecule has 2 fully saturated rings. The zero-order valence-electron chi connectivity index (χ0n) is 15.1. The van der Waals surface area contributed by atoms with Crippen molar-refractivity contribution in [3.8, 4) is 5.69 Å². The van der Waals surface area contributed by atoms with Crippen molar-refractivity contribution >= 4 is 5.95 Å². The van der Waals surface area contributed by atoms with Crippen LogP contribution in [-0.4, -0.2) is 58.6 Å². The Labute approximate surface area is 155 Å². The van der Waals surface area contributed by atoms with E-state index in [2.05, 4.69) is 20.4 Å². The van der Waals surface area contributed by atoms with Crippen LogP contribution in [0.15, 0.2) is 18.2 Å². The van der Waals surface area contributed by atoms with Crippen LogP contribution in [-0.2, 0) is 13.1 Å². The van der Waals surface area contributed by atoms with Crippen molar-refractivity contribution in [2.75, 3.05) is 37.6 Å². The van der Waals surface area contributed by atoms with Crippen molar-refractivity contribution < 1.29 is 13.2 Å². The summed E-state index contributed by atoms with van der Waals surface area (Å²) in [6, 6.07) is 5.92. The van der Waals surface area contributed by atoms with E-state index in [0.717, 1.165) is 48.9 Å². The lowest BCUT2D eigenvalue weighted by Crippen LogP contribution is -2.71. The molecule has 6 nitrogen and oxygen atoms in total. The van der Waals surface area contributed by atoms with Crippen LogP contribution in [0.5, 0.6) is 0 Å². The number of aryl methyl sites for hydroxylation is 1. The van der Waals surface area contributed by atoms with Gasteiger partial charge in [0.05, 0.1) is 18.8 Å². The molecule has 0 atom stereocenters. The maximum atomic E-state index is 13.0. The van der Waals surface area contributed by atoms with Crippen LogP contribution in [0.4, 0.5) is 19.1 Å². The zero-order chi connectivity index (χ0) is 18.8. The predicted molar refractivity (Wildman–Crippen MR) is 93.8 cm³/mol. The van der Waals surface area contributed by atoms with Crippen molar-refractivity contribution in [1.82, 2.24) is 25.0 Å². The fourth-order valence-corrected chi connectivity index (χ4v) is 4.39. The first-order valence-corrected chi connectivity index (χ1v) is 9.11. The quantitative estimate of drug-likeness (QED) is 0.865. The van der Waals surface area contributed by atoms with Crippen LogP contribution in [0.25, 0.3) is 5.69 Å². The Bertz CT molecular complexity index is 878. The molecule has 0 amide bonds. The van der Waals surface area contributed by atoms with Crippen LogP contribution in [0, 0.1) is 12.3 Å². The molecule has 1 aromatic heterocycles. The highest BCUT2D eigenvalue weighted by Gasteiger charge is 2.49. The van der Waals surface area contributed by atoms with Gasteiger partial charge in [-0.3, -0.25) is 9.47 Å². The van der Waals surface area contributed by atoms with Crippen molar-refractivity contribution in [1.29, 1.82) is 0 Å². The lowest BCUT2D eigenvalue weighted by atomic mass is 9.75. The number of aromatic nitrogens is 3. The molecule has 2 aromatic rings. The SMILES string of the molecule is Cc1ccc2c(c1)CN(CC(F)(F)F)Cc1nnc(N3CC4(CNC4)C3)n1-2. The Kier molecular flexibility index (Phi) is 3.58. The van der Waals surface area contributed by atoms with Gasteiger partial charge in [0.25, 0.3) is 0 Å². The molecule has 5 rings (SSSR count). The second-order valence-corrected chi connectivity index (χ2v) is 8.10. The van der Waals surface area contributed by atoms with Crippen molar-refractivity contribution in [2.24, 2.45) is 5.41 Å². The smallest absolute Gasteiger partial charge is 0.339 e. The van der Waals surface area contributed by atoms with E-state index < -0.39 is 12.7 Å². The summed E-state index contributed by atoms with van der Waals surface area (Å²) in [6.45, 7) is 5.21. The summed E-state index contributed by atoms with van der Waals surface area (Å²) < 4.78 is 41.0. The third-order valence-corrected chi connectivity index (χ3v) is 5.69. The topological polar surface area (TPSA) is 49.2 Å². The van der Waals surface area contributed by atoms with E-state index >= 15 is 0 Å². The standard InChI is InChI=1S/C18H21F3N6/c1-12-2-3-14-13(4-12)5-25(11-18(19,20)21)6-15-23-24-16(27(14)15)26-9-17(10-26)7-22-8-17/h2-4,22H,5-11H2,1H3. The molecule has 1 N–H and O–H groups in total. The number of hydrogen-bond acceptors (Lipinski definition) is 5. The van der Waals surface area contributed by atoms with Crippen molar-refractivity contribution in [3.63, 3.8) is 0 Å². The minimum Gasteiger partial charge on any atom is -0.339 e. The van der Waals surface area contributed by atoms with Crippen molar-refractivity contribution in [2.45, 2.75) is 26.2 Å². The normalized spacial score (nSPS) is 21.3. The minimum absolute atomic E-state index is 0.126. The first kappa shape index (κ1) is 17.0. The number of nitrogens with one attached hydrogen (secondary N) is 1. The summed E-state index contributed by atoms with van der Waals surface area (Å²) in [5, 5.41) is 11.9. The average molecular weight is 378 g/mol. The Morgan fingerprint density at radius 1 is 1.15 bits per heavy atom. The van der Waals surface area contributed by atoms with E-state index in [1.807, 2.05) is 29.7 Å². The number of benzene rings is 1. The van der Waals surface area contributed by atoms with Gasteiger partial charge < -0.3 is 10.2 Å². The Hall–Kier alpha value is -2.13. The number of hydrogen-bond donors (Lipinski definition) is 1. The molecule has 0 saturated carbocycles. The monoisotopic (exact) mass is 378 g/mol. The molecule has 0 unspecified atom stereocenters. The summed E-state index contributed by atoms with van der Waals surface area (Å²) in [5.74, 6) is 1.30. The molecule has 3 aliphatic heterocycles. The summed E-state index contributed by atoms with van der Waals surface area (Å²) >= 11 is 0. The Balaban J connectivity index is 1.53. The Morgan fingerprint density at radius 2 is 1.93 bits per heavy atom. The van der Waals surface area contributed by atoms with Gasteiger partial charge in [-0.15, -0.1) is 10.2 Å². The largest absolute Gasteiger partial charge is 0.401 e. The van der Waals surface area contributed by atoms with Crippen LogP contribution in [0.2, 0.25) is 0 Å². The van der Waals surface area contributed by atoms with Gasteiger partial charge in [-0.25, -0.2) is 0 Å². The summed E-state index contributed by atoms with van der Waals surface area (Å²) in [5.41, 5.74) is 3.12. The molecular weight excluding hydrogens is 357 g/mol. The lowest BCUT2D eigenvalue weighted by molar-refractivity contribution is -0.148. The number of rotatable bonds is 2. The molecule has 1 aromatic carbocycles. The van der Waals surface area contributed by atoms with E-state index in [0.29, 0.717) is 11.2 Å². The molecular formula is C18H21F3N6. The summed E-state index contributed by atoms with van der Waals surface area (Å²) in [4.78, 5) is 3.57. The number of alkyl halides is 3. The third-order valence-electron chi connectivity index (χ3n) is 5.69. The molecule has 2 saturated heterocycles. The van der Waals surface area contributed by atoms with Gasteiger partial charge in [0, 0.05) is 38.1 Å². The first-order chi connectivity index (χ1) is 12.8.